The van der Waals surface area contributed by atoms with E-state index in [1.165, 1.54) is 18.2 Å². The van der Waals surface area contributed by atoms with Crippen molar-refractivity contribution in [3.05, 3.63) is 414 Å². The maximum Gasteiger partial charge on any atom is 0.277 e. The van der Waals surface area contributed by atoms with Crippen molar-refractivity contribution in [3.8, 4) is 17.2 Å². The molecule has 125 heavy (non-hydrogen) atoms. The molecule has 0 radical (unpaired) electrons. The van der Waals surface area contributed by atoms with Crippen molar-refractivity contribution in [3.63, 3.8) is 0 Å². The Morgan fingerprint density at radius 3 is 1.35 bits per heavy atom. The number of ether oxygens (including phenoxy) is 3. The maximum atomic E-state index is 15.2. The average Bonchev–Trinajstić information content (AvgIpc) is 1.54. The Labute approximate surface area is 728 Å². The third-order valence-corrected chi connectivity index (χ3v) is 25.9. The van der Waals surface area contributed by atoms with Gasteiger partial charge in [-0.15, -0.1) is 23.2 Å². The summed E-state index contributed by atoms with van der Waals surface area (Å²) in [6.45, 7) is 8.12. The van der Waals surface area contributed by atoms with Gasteiger partial charge in [0.15, 0.2) is 69.2 Å². The van der Waals surface area contributed by atoms with Crippen LogP contribution in [0, 0.1) is 34.9 Å². The van der Waals surface area contributed by atoms with Crippen LogP contribution in [0.1, 0.15) is 158 Å². The van der Waals surface area contributed by atoms with Crippen LogP contribution in [0.15, 0.2) is 263 Å². The zero-order chi connectivity index (χ0) is 84.8. The number of fused-ring (bicyclic) bond motifs is 18. The maximum absolute atomic E-state index is 15.2. The monoisotopic (exact) mass is 1730 g/mol. The number of nitrogens with one attached hydrogen (secondary N) is 1. The predicted octanol–water partition coefficient (Wildman–Crippen LogP) is 17.8. The Balaban J connectivity index is 0.000000133. The van der Waals surface area contributed by atoms with Gasteiger partial charge in [-0.25, -0.2) is 26.3 Å². The van der Waals surface area contributed by atoms with Crippen LogP contribution in [0.2, 0.25) is 0 Å². The summed E-state index contributed by atoms with van der Waals surface area (Å²) in [4.78, 5) is 81.6. The van der Waals surface area contributed by atoms with Gasteiger partial charge in [0.1, 0.15) is 55.8 Å². The Morgan fingerprint density at radius 1 is 0.392 bits per heavy atom. The fourth-order valence-electron chi connectivity index (χ4n) is 18.7. The first-order valence-corrected chi connectivity index (χ1v) is 40.8. The lowest BCUT2D eigenvalue weighted by molar-refractivity contribution is 0.0667. The highest BCUT2D eigenvalue weighted by Gasteiger charge is 2.63. The summed E-state index contributed by atoms with van der Waals surface area (Å²) < 4.78 is 109. The number of halogens is 8. The summed E-state index contributed by atoms with van der Waals surface area (Å²) >= 11 is 13.6. The number of carbonyl (C=O) groups is 3. The van der Waals surface area contributed by atoms with E-state index >= 15 is 8.78 Å². The summed E-state index contributed by atoms with van der Waals surface area (Å²) in [6.07, 6.45) is 10.0. The van der Waals surface area contributed by atoms with Gasteiger partial charge in [-0.3, -0.25) is 52.8 Å². The number of aromatic nitrogens is 3. The van der Waals surface area contributed by atoms with E-state index in [1.807, 2.05) is 201 Å². The molecule has 9 aromatic carbocycles. The van der Waals surface area contributed by atoms with Gasteiger partial charge in [-0.05, 0) is 148 Å². The largest absolute Gasteiger partial charge is 0.482 e. The predicted molar refractivity (Wildman–Crippen MR) is 471 cm³/mol. The smallest absolute Gasteiger partial charge is 0.277 e. The van der Waals surface area contributed by atoms with Crippen LogP contribution in [0.5, 0.6) is 17.2 Å². The number of hydrogen-bond acceptors (Lipinski definition) is 12. The Bertz CT molecular complexity index is 6420. The highest BCUT2D eigenvalue weighted by atomic mass is 35.5. The molecular formula is C99H89Cl2F6N9O9. The second-order valence-corrected chi connectivity index (χ2v) is 32.2. The van der Waals surface area contributed by atoms with Crippen LogP contribution in [0.3, 0.4) is 0 Å². The van der Waals surface area contributed by atoms with Crippen molar-refractivity contribution in [2.24, 2.45) is 0 Å². The molecule has 4 atom stereocenters. The molecule has 26 heteroatoms. The van der Waals surface area contributed by atoms with E-state index in [2.05, 4.69) is 5.43 Å². The third kappa shape index (κ3) is 13.9. The van der Waals surface area contributed by atoms with Gasteiger partial charge in [-0.1, -0.05) is 210 Å². The molecule has 3 amide bonds. The van der Waals surface area contributed by atoms with Gasteiger partial charge in [0.25, 0.3) is 17.7 Å². The van der Waals surface area contributed by atoms with E-state index in [9.17, 15) is 46.3 Å². The average molecular weight is 1730 g/mol. The second-order valence-electron chi connectivity index (χ2n) is 30.9. The highest BCUT2D eigenvalue weighted by Crippen LogP contribution is 2.64. The Hall–Kier alpha value is -13.3. The van der Waals surface area contributed by atoms with Gasteiger partial charge < -0.3 is 34.3 Å². The third-order valence-electron chi connectivity index (χ3n) is 24.4. The zero-order valence-electron chi connectivity index (χ0n) is 66.1. The molecule has 9 aliphatic rings. The first-order valence-electron chi connectivity index (χ1n) is 40.0. The van der Waals surface area contributed by atoms with Crippen LogP contribution in [0.25, 0.3) is 12.2 Å². The van der Waals surface area contributed by atoms with Crippen molar-refractivity contribution in [2.45, 2.75) is 109 Å². The van der Waals surface area contributed by atoms with Crippen LogP contribution in [0.4, 0.5) is 26.3 Å². The van der Waals surface area contributed by atoms with Gasteiger partial charge in [-0.2, -0.15) is 0 Å². The fourth-order valence-corrected chi connectivity index (χ4v) is 19.7. The van der Waals surface area contributed by atoms with Crippen molar-refractivity contribution in [1.82, 2.24) is 28.7 Å². The fraction of sp³-hybridized carbons (Fsp3) is 0.232. The van der Waals surface area contributed by atoms with E-state index in [0.29, 0.717) is 67.0 Å². The molecule has 1 N–H and O–H groups in total. The van der Waals surface area contributed by atoms with Crippen molar-refractivity contribution in [1.29, 1.82) is 0 Å². The normalized spacial score (nSPS) is 19.1. The molecule has 18 nitrogen and oxygen atoms in total. The van der Waals surface area contributed by atoms with Gasteiger partial charge in [0.2, 0.25) is 16.3 Å². The molecule has 0 saturated heterocycles. The lowest BCUT2D eigenvalue weighted by Crippen LogP contribution is -2.62. The number of alkyl halides is 2. The molecule has 6 heterocycles. The number of benzene rings is 9. The van der Waals surface area contributed by atoms with Crippen LogP contribution in [-0.2, 0) is 61.5 Å². The van der Waals surface area contributed by atoms with Crippen LogP contribution >= 0.6 is 23.2 Å². The zero-order valence-corrected chi connectivity index (χ0v) is 67.7. The molecule has 0 fully saturated rings. The molecule has 3 aromatic heterocycles. The van der Waals surface area contributed by atoms with E-state index in [1.54, 1.807) is 71.6 Å². The summed E-state index contributed by atoms with van der Waals surface area (Å²) in [5.41, 5.74) is 13.2. The van der Waals surface area contributed by atoms with E-state index in [0.717, 1.165) is 79.4 Å². The first-order chi connectivity index (χ1) is 59.1. The van der Waals surface area contributed by atoms with Crippen molar-refractivity contribution >= 4 is 53.1 Å². The quantitative estimate of drug-likeness (QED) is 0.0807. The summed E-state index contributed by atoms with van der Waals surface area (Å²) in [5.74, 6) is -6.13. The Morgan fingerprint density at radius 2 is 0.816 bits per heavy atom. The number of pyridine rings is 3. The van der Waals surface area contributed by atoms with E-state index in [-0.39, 0.29) is 131 Å². The van der Waals surface area contributed by atoms with Gasteiger partial charge in [0.05, 0.1) is 4.87 Å². The molecular weight excluding hydrogens is 1640 g/mol. The van der Waals surface area contributed by atoms with Gasteiger partial charge >= 0.3 is 0 Å². The van der Waals surface area contributed by atoms with Crippen molar-refractivity contribution in [2.75, 3.05) is 55.1 Å². The molecule has 4 unspecified atom stereocenters. The number of nitrogens with zero attached hydrogens (tertiary/aromatic N) is 8. The second kappa shape index (κ2) is 34.1. The number of rotatable bonds is 14. The standard InChI is InChI=1S/2C32H25F2N3O3.C16H10Cl2F2.C16H17N3O3.3CH4/c2*1-2-35-19-37(36-15-14-27(38)30(29(36)31(35)39)40-18-20-8-4-3-5-9-20)32-22(16-21-10-6-7-11-24(21)32)17-23-25(32)12-13-26(33)28(23)34;17-15-7-9-3-1-2-4-11(9)16(15,18)12-5-6-13(19)14(20)10(12)8-15;1-2-18-11-17-19-9-8-13(20)15(14(19)16(18)21)22-10-12-6-4-3-5-7-12;;;/h3-15,17H,2,16,18-19H2,1H3;3-16H,2,17-19H2,1H3;1-6H,7-8H2;3-9,17H,2,10-11H2,1H3;3*1H4. The minimum Gasteiger partial charge on any atom is -0.482 e. The molecule has 0 bridgehead atoms. The molecule has 12 aromatic rings. The van der Waals surface area contributed by atoms with E-state index < -0.39 is 66.6 Å². The summed E-state index contributed by atoms with van der Waals surface area (Å²) in [7, 11) is 0. The van der Waals surface area contributed by atoms with Crippen LogP contribution in [-0.4, -0.2) is 91.0 Å². The molecule has 3 aliphatic heterocycles. The molecule has 640 valence electrons. The minimum absolute atomic E-state index is 0. The number of amides is 3. The summed E-state index contributed by atoms with van der Waals surface area (Å²) in [6, 6.07) is 64.3. The van der Waals surface area contributed by atoms with Gasteiger partial charge in [0, 0.05) is 74.0 Å². The molecule has 6 aliphatic carbocycles. The minimum atomic E-state index is -1.02. The Kier molecular flexibility index (Phi) is 23.6. The highest BCUT2D eigenvalue weighted by molar-refractivity contribution is 6.38. The number of carbonyl (C=O) groups excluding carboxylic acids is 3. The van der Waals surface area contributed by atoms with Crippen molar-refractivity contribution < 1.29 is 54.9 Å². The first kappa shape index (κ1) is 86.6. The van der Waals surface area contributed by atoms with Crippen LogP contribution < -0.4 is 45.9 Å². The topological polar surface area (TPSA) is 173 Å². The molecule has 0 saturated carbocycles. The molecule has 0 spiro atoms. The lowest BCUT2D eigenvalue weighted by atomic mass is 9.83. The molecule has 21 rings (SSSR count). The SMILES string of the molecule is C.C.C.CCN1CN(C23C(=Cc4c2ccc(F)c4F)Cc2ccccc23)n2ccc(=O)c(OCc3ccccc3)c2C1=O.CCN1CN(C23C(=Cc4ccccc42)Cc2c3ccc(F)c2F)n2ccc(=O)c(OCc3ccccc3)c2C1=O.CCN1CNn2ccc(=O)c(OCc3ccccc3)c2C1=O.Fc1ccc2c(c1F)CC1(Cl)Cc3ccccc3C21Cl. The van der Waals surface area contributed by atoms with E-state index in [4.69, 9.17) is 37.4 Å². The lowest BCUT2D eigenvalue weighted by Gasteiger charge is -2.49. The number of hydrogen-bond donors (Lipinski definition) is 1. The summed E-state index contributed by atoms with van der Waals surface area (Å²) in [5, 5.41) is 3.95.